The van der Waals surface area contributed by atoms with Crippen molar-refractivity contribution in [1.82, 2.24) is 0 Å². The zero-order chi connectivity index (χ0) is 7.94. The first-order valence-electron chi connectivity index (χ1n) is 4.64. The van der Waals surface area contributed by atoms with Crippen LogP contribution in [0.25, 0.3) is 0 Å². The van der Waals surface area contributed by atoms with Crippen LogP contribution in [0.15, 0.2) is 24.6 Å². The van der Waals surface area contributed by atoms with E-state index in [2.05, 4.69) is 31.5 Å². The predicted molar refractivity (Wildman–Crippen MR) is 48.3 cm³/mol. The molecule has 0 aromatic carbocycles. The molecule has 1 rings (SSSR count). The van der Waals surface area contributed by atoms with Gasteiger partial charge in [-0.3, -0.25) is 4.90 Å². The van der Waals surface area contributed by atoms with Crippen molar-refractivity contribution in [2.24, 2.45) is 0 Å². The Hall–Kier alpha value is -0.630. The molecule has 0 aliphatic carbocycles. The summed E-state index contributed by atoms with van der Waals surface area (Å²) in [7, 11) is 0. The van der Waals surface area contributed by atoms with Gasteiger partial charge in [0.05, 0.1) is 18.9 Å². The van der Waals surface area contributed by atoms with Crippen molar-refractivity contribution in [3.05, 3.63) is 24.6 Å². The Kier molecular flexibility index (Phi) is 6.67. The average molecular weight is 171 g/mol. The zero-order valence-corrected chi connectivity index (χ0v) is 7.72. The lowest BCUT2D eigenvalue weighted by molar-refractivity contribution is -0.787. The third kappa shape index (κ3) is 4.29. The van der Waals surface area contributed by atoms with Gasteiger partial charge in [0, 0.05) is 0 Å². The van der Waals surface area contributed by atoms with Crippen LogP contribution in [0.3, 0.4) is 0 Å². The van der Waals surface area contributed by atoms with Crippen molar-refractivity contribution in [2.75, 3.05) is 6.54 Å². The van der Waals surface area contributed by atoms with Crippen LogP contribution in [0.2, 0.25) is 0 Å². The lowest BCUT2D eigenvalue weighted by Gasteiger charge is -2.05. The third-order valence-corrected chi connectivity index (χ3v) is 2.05. The van der Waals surface area contributed by atoms with Gasteiger partial charge in [0.1, 0.15) is 0 Å². The third-order valence-electron chi connectivity index (χ3n) is 2.05. The number of rotatable bonds is 5. The first kappa shape index (κ1) is 11.4. The quantitative estimate of drug-likeness (QED) is 0.480. The molecule has 0 saturated carbocycles. The van der Waals surface area contributed by atoms with Crippen molar-refractivity contribution in [2.45, 2.75) is 32.6 Å². The molecule has 0 spiro atoms. The number of hydrogen-bond acceptors (Lipinski definition) is 0. The highest BCUT2D eigenvalue weighted by molar-refractivity contribution is 5.00. The fourth-order valence-electron chi connectivity index (χ4n) is 1.34. The number of nitrogens with one attached hydrogen (secondary N) is 1. The van der Waals surface area contributed by atoms with Crippen molar-refractivity contribution >= 4 is 0 Å². The van der Waals surface area contributed by atoms with Crippen LogP contribution in [0, 0.1) is 0 Å². The summed E-state index contributed by atoms with van der Waals surface area (Å²) in [5, 5.41) is 0. The van der Waals surface area contributed by atoms with Crippen LogP contribution in [-0.2, 0) is 0 Å². The fraction of sp³-hybridized carbons (Fsp3) is 0.600. The highest BCUT2D eigenvalue weighted by atomic mass is 19.0. The second kappa shape index (κ2) is 7.04. The summed E-state index contributed by atoms with van der Waals surface area (Å²) in [6.07, 6.45) is 14.1. The van der Waals surface area contributed by atoms with Crippen molar-refractivity contribution in [3.8, 4) is 0 Å². The summed E-state index contributed by atoms with van der Waals surface area (Å²) in [4.78, 5) is 1.50. The highest BCUT2D eigenvalue weighted by Gasteiger charge is 2.01. The molecule has 12 heavy (non-hydrogen) atoms. The summed E-state index contributed by atoms with van der Waals surface area (Å²) < 4.78 is 0. The van der Waals surface area contributed by atoms with Crippen LogP contribution in [0.5, 0.6) is 0 Å². The maximum atomic E-state index is 2.25. The molecular weight excluding hydrogens is 153 g/mol. The van der Waals surface area contributed by atoms with E-state index in [-0.39, 0.29) is 4.70 Å². The molecule has 1 aliphatic heterocycles. The highest BCUT2D eigenvalue weighted by Crippen LogP contribution is 1.96. The monoisotopic (exact) mass is 171 g/mol. The van der Waals surface area contributed by atoms with Gasteiger partial charge in [0.2, 0.25) is 0 Å². The minimum atomic E-state index is 0. The summed E-state index contributed by atoms with van der Waals surface area (Å²) in [5.41, 5.74) is 0. The van der Waals surface area contributed by atoms with E-state index in [4.69, 9.17) is 0 Å². The Balaban J connectivity index is 0.00000121. The normalized spacial score (nSPS) is 15.1. The van der Waals surface area contributed by atoms with Crippen molar-refractivity contribution in [1.29, 1.82) is 0 Å². The molecule has 1 N–H and O–H groups in total. The molecule has 2 heteroatoms. The molecule has 0 bridgehead atoms. The Morgan fingerprint density at radius 3 is 2.25 bits per heavy atom. The minimum absolute atomic E-state index is 0. The minimum Gasteiger partial charge on any atom is -1.00 e. The van der Waals surface area contributed by atoms with Crippen molar-refractivity contribution in [3.63, 3.8) is 0 Å². The van der Waals surface area contributed by atoms with Crippen LogP contribution in [0.4, 0.5) is 0 Å². The van der Waals surface area contributed by atoms with E-state index in [0.29, 0.717) is 0 Å². The topological polar surface area (TPSA) is 4.44 Å². The molecule has 70 valence electrons. The molecule has 0 fully saturated rings. The fourth-order valence-corrected chi connectivity index (χ4v) is 1.34. The van der Waals surface area contributed by atoms with Gasteiger partial charge < -0.3 is 4.70 Å². The molecule has 0 radical (unpaired) electrons. The largest absolute Gasteiger partial charge is 1.00 e. The lowest BCUT2D eigenvalue weighted by atomic mass is 10.2. The van der Waals surface area contributed by atoms with Crippen LogP contribution in [0.1, 0.15) is 32.6 Å². The van der Waals surface area contributed by atoms with E-state index in [1.54, 1.807) is 0 Å². The molecule has 0 unspecified atom stereocenters. The lowest BCUT2D eigenvalue weighted by Crippen LogP contribution is -3.01. The smallest absolute Gasteiger partial charge is 0.0990 e. The van der Waals surface area contributed by atoms with Crippen LogP contribution in [-0.4, -0.2) is 6.54 Å². The average Bonchev–Trinajstić information content (AvgIpc) is 2.50. The standard InChI is InChI=1S/C10H17N.FH/c1-2-3-4-5-8-11-9-6-7-10-11;/h6-7,9-10H,2-5,8H2,1H3;1H. The summed E-state index contributed by atoms with van der Waals surface area (Å²) in [5.74, 6) is 0. The maximum Gasteiger partial charge on any atom is 0.0990 e. The first-order valence-corrected chi connectivity index (χ1v) is 4.64. The number of halogens is 1. The number of hydrogen-bond donors (Lipinski definition) is 1. The van der Waals surface area contributed by atoms with Gasteiger partial charge in [-0.2, -0.15) is 0 Å². The first-order chi connectivity index (χ1) is 5.43. The van der Waals surface area contributed by atoms with E-state index in [1.165, 1.54) is 37.1 Å². The SMILES string of the molecule is CCCCCC[NH+]1C=CC=C1.[F-]. The van der Waals surface area contributed by atoms with E-state index in [9.17, 15) is 0 Å². The second-order valence-corrected chi connectivity index (χ2v) is 3.10. The molecule has 0 aromatic heterocycles. The van der Waals surface area contributed by atoms with E-state index in [1.807, 2.05) is 0 Å². The van der Waals surface area contributed by atoms with Gasteiger partial charge in [-0.25, -0.2) is 0 Å². The van der Waals surface area contributed by atoms with E-state index >= 15 is 0 Å². The molecule has 0 aromatic rings. The van der Waals surface area contributed by atoms with E-state index < -0.39 is 0 Å². The summed E-state index contributed by atoms with van der Waals surface area (Å²) in [6, 6.07) is 0. The molecule has 1 aliphatic rings. The Morgan fingerprint density at radius 1 is 1.00 bits per heavy atom. The number of allylic oxidation sites excluding steroid dienone is 2. The van der Waals surface area contributed by atoms with Crippen LogP contribution >= 0.6 is 0 Å². The van der Waals surface area contributed by atoms with E-state index in [0.717, 1.165) is 0 Å². The van der Waals surface area contributed by atoms with Gasteiger partial charge >= 0.3 is 0 Å². The van der Waals surface area contributed by atoms with Gasteiger partial charge in [0.15, 0.2) is 0 Å². The maximum absolute atomic E-state index is 2.25. The molecule has 0 atom stereocenters. The molecular formula is C10H18FN. The zero-order valence-electron chi connectivity index (χ0n) is 7.72. The predicted octanol–water partition coefficient (Wildman–Crippen LogP) is -1.50. The van der Waals surface area contributed by atoms with Gasteiger partial charge in [-0.15, -0.1) is 0 Å². The number of unbranched alkanes of at least 4 members (excludes halogenated alkanes) is 3. The van der Waals surface area contributed by atoms with Crippen molar-refractivity contribution < 1.29 is 9.60 Å². The summed E-state index contributed by atoms with van der Waals surface area (Å²) in [6.45, 7) is 3.52. The van der Waals surface area contributed by atoms with Gasteiger partial charge in [-0.1, -0.05) is 19.8 Å². The summed E-state index contributed by atoms with van der Waals surface area (Å²) >= 11 is 0. The molecule has 1 nitrogen and oxygen atoms in total. The molecule has 1 heterocycles. The number of quaternary nitrogens is 1. The molecule has 0 saturated heterocycles. The second-order valence-electron chi connectivity index (χ2n) is 3.10. The van der Waals surface area contributed by atoms with Crippen LogP contribution < -0.4 is 9.60 Å². The molecule has 0 amide bonds. The Labute approximate surface area is 74.1 Å². The van der Waals surface area contributed by atoms with Gasteiger partial charge in [-0.05, 0) is 25.0 Å². The Morgan fingerprint density at radius 2 is 1.67 bits per heavy atom. The Bertz CT molecular complexity index is 140. The van der Waals surface area contributed by atoms with Gasteiger partial charge in [0.25, 0.3) is 0 Å².